The third-order valence-corrected chi connectivity index (χ3v) is 2.62. The van der Waals surface area contributed by atoms with Crippen LogP contribution < -0.4 is 0 Å². The fraction of sp³-hybridized carbons (Fsp3) is 0.273. The van der Waals surface area contributed by atoms with E-state index in [1.165, 1.54) is 0 Å². The molecule has 5 heteroatoms. The third-order valence-electron chi connectivity index (χ3n) is 2.19. The maximum Gasteiger partial charge on any atom is 0.248 e. The molecule has 0 aliphatic heterocycles. The van der Waals surface area contributed by atoms with Gasteiger partial charge >= 0.3 is 0 Å². The average Bonchev–Trinajstić information content (AvgIpc) is 2.67. The summed E-state index contributed by atoms with van der Waals surface area (Å²) in [6.45, 7) is 1.95. The molecule has 0 atom stereocenters. The largest absolute Gasteiger partial charge is 0.421 e. The smallest absolute Gasteiger partial charge is 0.248 e. The van der Waals surface area contributed by atoms with E-state index in [1.807, 2.05) is 19.1 Å². The van der Waals surface area contributed by atoms with Crippen LogP contribution >= 0.6 is 23.2 Å². The van der Waals surface area contributed by atoms with Gasteiger partial charge in [0.25, 0.3) is 0 Å². The van der Waals surface area contributed by atoms with E-state index >= 15 is 0 Å². The Hall–Kier alpha value is -1.06. The second-order valence-corrected chi connectivity index (χ2v) is 4.21. The molecule has 0 fully saturated rings. The van der Waals surface area contributed by atoms with Crippen LogP contribution in [-0.4, -0.2) is 16.1 Å². The molecule has 0 amide bonds. The molecule has 0 spiro atoms. The first-order valence-corrected chi connectivity index (χ1v) is 5.77. The van der Waals surface area contributed by atoms with Gasteiger partial charge in [0.2, 0.25) is 11.8 Å². The average molecular weight is 257 g/mol. The van der Waals surface area contributed by atoms with Gasteiger partial charge in [0.1, 0.15) is 0 Å². The standard InChI is InChI=1S/C11H10Cl2N2O/c1-7-6-8(13)2-3-9(7)11-15-14-10(16-11)4-5-12/h2-3,6H,4-5H2,1H3. The summed E-state index contributed by atoms with van der Waals surface area (Å²) in [4.78, 5) is 0. The van der Waals surface area contributed by atoms with Crippen molar-refractivity contribution in [1.29, 1.82) is 0 Å². The maximum atomic E-state index is 5.88. The lowest BCUT2D eigenvalue weighted by atomic mass is 10.1. The van der Waals surface area contributed by atoms with Crippen LogP contribution in [0.3, 0.4) is 0 Å². The summed E-state index contributed by atoms with van der Waals surface area (Å²) in [6.07, 6.45) is 0.585. The van der Waals surface area contributed by atoms with E-state index in [0.717, 1.165) is 11.1 Å². The Bertz CT molecular complexity index is 496. The summed E-state index contributed by atoms with van der Waals surface area (Å²) < 4.78 is 5.48. The normalized spacial score (nSPS) is 10.7. The highest BCUT2D eigenvalue weighted by atomic mass is 35.5. The quantitative estimate of drug-likeness (QED) is 0.790. The van der Waals surface area contributed by atoms with E-state index in [9.17, 15) is 0 Å². The topological polar surface area (TPSA) is 38.9 Å². The number of rotatable bonds is 3. The molecule has 2 rings (SSSR count). The molecule has 2 aromatic rings. The molecule has 1 heterocycles. The lowest BCUT2D eigenvalue weighted by Crippen LogP contribution is -1.84. The van der Waals surface area contributed by atoms with E-state index in [0.29, 0.717) is 29.1 Å². The number of halogens is 2. The Labute approximate surface area is 103 Å². The minimum atomic E-state index is 0.473. The number of benzene rings is 1. The lowest BCUT2D eigenvalue weighted by molar-refractivity contribution is 0.513. The van der Waals surface area contributed by atoms with Gasteiger partial charge in [-0.05, 0) is 30.7 Å². The number of alkyl halides is 1. The van der Waals surface area contributed by atoms with E-state index in [1.54, 1.807) is 6.07 Å². The van der Waals surface area contributed by atoms with Gasteiger partial charge in [-0.2, -0.15) is 0 Å². The van der Waals surface area contributed by atoms with Crippen molar-refractivity contribution < 1.29 is 4.42 Å². The number of hydrogen-bond acceptors (Lipinski definition) is 3. The second-order valence-electron chi connectivity index (χ2n) is 3.40. The van der Waals surface area contributed by atoms with E-state index in [-0.39, 0.29) is 0 Å². The van der Waals surface area contributed by atoms with Gasteiger partial charge in [0, 0.05) is 22.9 Å². The summed E-state index contributed by atoms with van der Waals surface area (Å²) >= 11 is 11.5. The first kappa shape index (κ1) is 11.4. The van der Waals surface area contributed by atoms with Crippen molar-refractivity contribution in [2.45, 2.75) is 13.3 Å². The molecule has 84 valence electrons. The predicted octanol–water partition coefficient (Wildman–Crippen LogP) is 3.48. The number of aromatic nitrogens is 2. The fourth-order valence-electron chi connectivity index (χ4n) is 1.41. The van der Waals surface area contributed by atoms with Crippen LogP contribution in [0.2, 0.25) is 5.02 Å². The lowest BCUT2D eigenvalue weighted by Gasteiger charge is -2.00. The minimum absolute atomic E-state index is 0.473. The molecular formula is C11H10Cl2N2O. The molecule has 0 radical (unpaired) electrons. The molecule has 0 aliphatic carbocycles. The molecule has 16 heavy (non-hydrogen) atoms. The highest BCUT2D eigenvalue weighted by Gasteiger charge is 2.10. The first-order chi connectivity index (χ1) is 7.70. The van der Waals surface area contributed by atoms with Crippen molar-refractivity contribution in [3.05, 3.63) is 34.7 Å². The van der Waals surface area contributed by atoms with Crippen LogP contribution in [0.25, 0.3) is 11.5 Å². The van der Waals surface area contributed by atoms with Gasteiger partial charge in [0.05, 0.1) is 0 Å². The van der Waals surface area contributed by atoms with Crippen molar-refractivity contribution >= 4 is 23.2 Å². The van der Waals surface area contributed by atoms with Gasteiger partial charge in [-0.25, -0.2) is 0 Å². The van der Waals surface area contributed by atoms with E-state index in [4.69, 9.17) is 27.6 Å². The Balaban J connectivity index is 2.35. The van der Waals surface area contributed by atoms with Crippen LogP contribution in [0.5, 0.6) is 0 Å². The minimum Gasteiger partial charge on any atom is -0.421 e. The molecule has 0 saturated carbocycles. The Kier molecular flexibility index (Phi) is 3.46. The van der Waals surface area contributed by atoms with Crippen molar-refractivity contribution in [3.63, 3.8) is 0 Å². The van der Waals surface area contributed by atoms with Crippen LogP contribution in [0, 0.1) is 6.92 Å². The van der Waals surface area contributed by atoms with Crippen molar-refractivity contribution in [1.82, 2.24) is 10.2 Å². The Morgan fingerprint density at radius 3 is 2.81 bits per heavy atom. The van der Waals surface area contributed by atoms with Crippen molar-refractivity contribution in [2.75, 3.05) is 5.88 Å². The van der Waals surface area contributed by atoms with E-state index in [2.05, 4.69) is 10.2 Å². The molecule has 0 saturated heterocycles. The monoisotopic (exact) mass is 256 g/mol. The van der Waals surface area contributed by atoms with Gasteiger partial charge in [-0.3, -0.25) is 0 Å². The van der Waals surface area contributed by atoms with Crippen LogP contribution in [0.1, 0.15) is 11.5 Å². The summed E-state index contributed by atoms with van der Waals surface area (Å²) in [5, 5.41) is 8.58. The Morgan fingerprint density at radius 2 is 2.12 bits per heavy atom. The van der Waals surface area contributed by atoms with Crippen LogP contribution in [-0.2, 0) is 6.42 Å². The molecular weight excluding hydrogens is 247 g/mol. The first-order valence-electron chi connectivity index (χ1n) is 4.85. The molecule has 3 nitrogen and oxygen atoms in total. The molecule has 0 aliphatic rings. The molecule has 1 aromatic carbocycles. The zero-order valence-electron chi connectivity index (χ0n) is 8.70. The van der Waals surface area contributed by atoms with Crippen molar-refractivity contribution in [2.24, 2.45) is 0 Å². The zero-order chi connectivity index (χ0) is 11.5. The number of nitrogens with zero attached hydrogens (tertiary/aromatic N) is 2. The third kappa shape index (κ3) is 2.36. The zero-order valence-corrected chi connectivity index (χ0v) is 10.2. The summed E-state index contributed by atoms with van der Waals surface area (Å²) in [6, 6.07) is 5.53. The highest BCUT2D eigenvalue weighted by Crippen LogP contribution is 2.24. The number of hydrogen-bond donors (Lipinski definition) is 0. The summed E-state index contributed by atoms with van der Waals surface area (Å²) in [7, 11) is 0. The SMILES string of the molecule is Cc1cc(Cl)ccc1-c1nnc(CCCl)o1. The van der Waals surface area contributed by atoms with Crippen LogP contribution in [0.4, 0.5) is 0 Å². The number of aryl methyl sites for hydroxylation is 2. The maximum absolute atomic E-state index is 5.88. The van der Waals surface area contributed by atoms with Gasteiger partial charge in [-0.1, -0.05) is 11.6 Å². The molecule has 0 bridgehead atoms. The summed E-state index contributed by atoms with van der Waals surface area (Å²) in [5.74, 6) is 1.54. The second kappa shape index (κ2) is 4.85. The fourth-order valence-corrected chi connectivity index (χ4v) is 1.80. The summed E-state index contributed by atoms with van der Waals surface area (Å²) in [5.41, 5.74) is 1.91. The van der Waals surface area contributed by atoms with Gasteiger partial charge < -0.3 is 4.42 Å². The Morgan fingerprint density at radius 1 is 1.31 bits per heavy atom. The van der Waals surface area contributed by atoms with Crippen molar-refractivity contribution in [3.8, 4) is 11.5 Å². The van der Waals surface area contributed by atoms with E-state index < -0.39 is 0 Å². The predicted molar refractivity (Wildman–Crippen MR) is 63.9 cm³/mol. The molecule has 0 unspecified atom stereocenters. The van der Waals surface area contributed by atoms with Gasteiger partial charge in [0.15, 0.2) is 0 Å². The van der Waals surface area contributed by atoms with Crippen LogP contribution in [0.15, 0.2) is 22.6 Å². The van der Waals surface area contributed by atoms with Gasteiger partial charge in [-0.15, -0.1) is 21.8 Å². The molecule has 0 N–H and O–H groups in total. The molecule has 1 aromatic heterocycles. The highest BCUT2D eigenvalue weighted by molar-refractivity contribution is 6.30.